The van der Waals surface area contributed by atoms with Crippen LogP contribution in [0.25, 0.3) is 0 Å². The van der Waals surface area contributed by atoms with Gasteiger partial charge in [0, 0.05) is 17.8 Å². The molecule has 3 N–H and O–H groups in total. The average molecular weight is 289 g/mol. The molecule has 1 fully saturated rings. The van der Waals surface area contributed by atoms with E-state index in [2.05, 4.69) is 17.1 Å². The number of nitrogens with two attached hydrogens (primary N) is 1. The molecule has 2 rings (SSSR count). The van der Waals surface area contributed by atoms with Gasteiger partial charge in [0.1, 0.15) is 0 Å². The molecule has 0 unspecified atom stereocenters. The van der Waals surface area contributed by atoms with E-state index in [0.29, 0.717) is 13.1 Å². The van der Waals surface area contributed by atoms with Crippen molar-refractivity contribution in [3.63, 3.8) is 0 Å². The second-order valence-corrected chi connectivity index (χ2v) is 6.07. The van der Waals surface area contributed by atoms with Gasteiger partial charge in [-0.3, -0.25) is 9.69 Å². The van der Waals surface area contributed by atoms with Crippen molar-refractivity contribution < 1.29 is 4.79 Å². The van der Waals surface area contributed by atoms with Crippen molar-refractivity contribution in [3.8, 4) is 0 Å². The fraction of sp³-hybridized carbons (Fsp3) is 0.588. The Morgan fingerprint density at radius 2 is 2.10 bits per heavy atom. The lowest BCUT2D eigenvalue weighted by Gasteiger charge is -2.39. The number of anilines is 1. The van der Waals surface area contributed by atoms with Crippen LogP contribution in [0.3, 0.4) is 0 Å². The molecule has 116 valence electrons. The van der Waals surface area contributed by atoms with Crippen molar-refractivity contribution in [3.05, 3.63) is 29.8 Å². The highest BCUT2D eigenvalue weighted by Gasteiger charge is 2.38. The van der Waals surface area contributed by atoms with Crippen molar-refractivity contribution in [2.75, 3.05) is 25.0 Å². The first-order valence-electron chi connectivity index (χ1n) is 7.91. The van der Waals surface area contributed by atoms with Gasteiger partial charge in [-0.05, 0) is 44.0 Å². The number of benzene rings is 1. The maximum atomic E-state index is 12.3. The second kappa shape index (κ2) is 7.05. The van der Waals surface area contributed by atoms with Crippen LogP contribution >= 0.6 is 0 Å². The Labute approximate surface area is 127 Å². The fourth-order valence-corrected chi connectivity index (χ4v) is 3.39. The highest BCUT2D eigenvalue weighted by Crippen LogP contribution is 2.34. The number of nitrogens with one attached hydrogen (secondary N) is 1. The summed E-state index contributed by atoms with van der Waals surface area (Å²) in [5, 5.41) is 2.99. The Morgan fingerprint density at radius 1 is 1.38 bits per heavy atom. The zero-order chi connectivity index (χ0) is 15.3. The van der Waals surface area contributed by atoms with E-state index < -0.39 is 0 Å². The number of carbonyl (C=O) groups excluding carboxylic acids is 1. The molecule has 0 radical (unpaired) electrons. The maximum absolute atomic E-state index is 12.3. The molecule has 21 heavy (non-hydrogen) atoms. The first kappa shape index (κ1) is 16.0. The topological polar surface area (TPSA) is 58.4 Å². The van der Waals surface area contributed by atoms with Crippen molar-refractivity contribution in [2.24, 2.45) is 5.73 Å². The van der Waals surface area contributed by atoms with Gasteiger partial charge in [0.05, 0.1) is 6.54 Å². The molecular weight excluding hydrogens is 262 g/mol. The molecule has 0 atom stereocenters. The van der Waals surface area contributed by atoms with Crippen LogP contribution in [0.2, 0.25) is 0 Å². The predicted molar refractivity (Wildman–Crippen MR) is 87.3 cm³/mol. The highest BCUT2D eigenvalue weighted by atomic mass is 16.2. The molecule has 1 aliphatic carbocycles. The van der Waals surface area contributed by atoms with Crippen LogP contribution in [-0.2, 0) is 4.79 Å². The number of aryl methyl sites for hydroxylation is 1. The first-order chi connectivity index (χ1) is 10.1. The lowest BCUT2D eigenvalue weighted by molar-refractivity contribution is -0.118. The molecule has 0 saturated heterocycles. The summed E-state index contributed by atoms with van der Waals surface area (Å²) in [6.45, 7) is 6.05. The van der Waals surface area contributed by atoms with E-state index in [-0.39, 0.29) is 11.4 Å². The van der Waals surface area contributed by atoms with Crippen LogP contribution in [0.15, 0.2) is 24.3 Å². The highest BCUT2D eigenvalue weighted by molar-refractivity contribution is 5.92. The van der Waals surface area contributed by atoms with Gasteiger partial charge in [-0.25, -0.2) is 0 Å². The van der Waals surface area contributed by atoms with Gasteiger partial charge in [-0.2, -0.15) is 0 Å². The normalized spacial score (nSPS) is 17.1. The lowest BCUT2D eigenvalue weighted by atomic mass is 9.95. The first-order valence-corrected chi connectivity index (χ1v) is 7.91. The summed E-state index contributed by atoms with van der Waals surface area (Å²) >= 11 is 0. The Morgan fingerprint density at radius 3 is 2.67 bits per heavy atom. The molecule has 1 aromatic carbocycles. The van der Waals surface area contributed by atoms with Crippen LogP contribution in [-0.4, -0.2) is 36.0 Å². The number of amides is 1. The van der Waals surface area contributed by atoms with Crippen molar-refractivity contribution in [2.45, 2.75) is 45.1 Å². The van der Waals surface area contributed by atoms with Crippen LogP contribution in [0.4, 0.5) is 5.69 Å². The minimum absolute atomic E-state index is 0.0265. The van der Waals surface area contributed by atoms with Crippen molar-refractivity contribution in [1.82, 2.24) is 4.90 Å². The number of hydrogen-bond donors (Lipinski definition) is 2. The number of hydrogen-bond acceptors (Lipinski definition) is 3. The standard InChI is InChI=1S/C17H27N3O/c1-3-20(17(13-18)9-4-5-10-17)12-16(21)19-15-8-6-7-14(2)11-15/h6-8,11H,3-5,9-10,12-13,18H2,1-2H3,(H,19,21). The van der Waals surface area contributed by atoms with E-state index in [1.165, 1.54) is 12.8 Å². The van der Waals surface area contributed by atoms with Gasteiger partial charge in [-0.15, -0.1) is 0 Å². The van der Waals surface area contributed by atoms with Crippen LogP contribution in [0.1, 0.15) is 38.2 Å². The molecule has 4 nitrogen and oxygen atoms in total. The maximum Gasteiger partial charge on any atom is 0.238 e. The summed E-state index contributed by atoms with van der Waals surface area (Å²) < 4.78 is 0. The fourth-order valence-electron chi connectivity index (χ4n) is 3.39. The Bertz CT molecular complexity index is 481. The van der Waals surface area contributed by atoms with E-state index in [0.717, 1.165) is 30.6 Å². The van der Waals surface area contributed by atoms with Gasteiger partial charge < -0.3 is 11.1 Å². The minimum atomic E-state index is 0.0265. The van der Waals surface area contributed by atoms with Crippen molar-refractivity contribution in [1.29, 1.82) is 0 Å². The molecule has 1 aromatic rings. The zero-order valence-corrected chi connectivity index (χ0v) is 13.2. The Kier molecular flexibility index (Phi) is 5.37. The predicted octanol–water partition coefficient (Wildman–Crippen LogP) is 2.53. The van der Waals surface area contributed by atoms with E-state index >= 15 is 0 Å². The summed E-state index contributed by atoms with van der Waals surface area (Å²) in [5.74, 6) is 0.0437. The molecule has 4 heteroatoms. The molecule has 1 aliphatic rings. The van der Waals surface area contributed by atoms with Crippen LogP contribution in [0.5, 0.6) is 0 Å². The van der Waals surface area contributed by atoms with E-state index in [4.69, 9.17) is 5.73 Å². The zero-order valence-electron chi connectivity index (χ0n) is 13.2. The molecule has 1 amide bonds. The number of rotatable bonds is 6. The summed E-state index contributed by atoms with van der Waals surface area (Å²) in [6, 6.07) is 7.90. The Balaban J connectivity index is 1.99. The van der Waals surface area contributed by atoms with Gasteiger partial charge >= 0.3 is 0 Å². The van der Waals surface area contributed by atoms with Gasteiger partial charge in [0.25, 0.3) is 0 Å². The lowest BCUT2D eigenvalue weighted by Crippen LogP contribution is -2.54. The Hall–Kier alpha value is -1.39. The summed E-state index contributed by atoms with van der Waals surface area (Å²) in [7, 11) is 0. The van der Waals surface area contributed by atoms with Crippen LogP contribution in [0, 0.1) is 6.92 Å². The average Bonchev–Trinajstić information content (AvgIpc) is 2.94. The largest absolute Gasteiger partial charge is 0.329 e. The number of carbonyl (C=O) groups is 1. The molecule has 0 aromatic heterocycles. The van der Waals surface area contributed by atoms with Crippen LogP contribution < -0.4 is 11.1 Å². The molecular formula is C17H27N3O. The van der Waals surface area contributed by atoms with Gasteiger partial charge in [-0.1, -0.05) is 31.9 Å². The summed E-state index contributed by atoms with van der Waals surface area (Å²) in [6.07, 6.45) is 4.64. The third kappa shape index (κ3) is 3.83. The summed E-state index contributed by atoms with van der Waals surface area (Å²) in [4.78, 5) is 14.6. The monoisotopic (exact) mass is 289 g/mol. The third-order valence-corrected chi connectivity index (χ3v) is 4.60. The molecule has 1 saturated carbocycles. The van der Waals surface area contributed by atoms with E-state index in [9.17, 15) is 4.79 Å². The molecule has 0 aliphatic heterocycles. The van der Waals surface area contributed by atoms with Crippen molar-refractivity contribution >= 4 is 11.6 Å². The molecule has 0 bridgehead atoms. The smallest absolute Gasteiger partial charge is 0.238 e. The van der Waals surface area contributed by atoms with E-state index in [1.807, 2.05) is 31.2 Å². The second-order valence-electron chi connectivity index (χ2n) is 6.07. The van der Waals surface area contributed by atoms with Gasteiger partial charge in [0.2, 0.25) is 5.91 Å². The third-order valence-electron chi connectivity index (χ3n) is 4.60. The van der Waals surface area contributed by atoms with Gasteiger partial charge in [0.15, 0.2) is 0 Å². The SMILES string of the molecule is CCN(CC(=O)Nc1cccc(C)c1)C1(CN)CCCC1. The molecule has 0 heterocycles. The molecule has 0 spiro atoms. The quantitative estimate of drug-likeness (QED) is 0.846. The number of nitrogens with zero attached hydrogens (tertiary/aromatic N) is 1. The number of likely N-dealkylation sites (N-methyl/N-ethyl adjacent to an activating group) is 1. The summed E-state index contributed by atoms with van der Waals surface area (Å²) in [5.41, 5.74) is 8.06. The minimum Gasteiger partial charge on any atom is -0.329 e. The van der Waals surface area contributed by atoms with E-state index in [1.54, 1.807) is 0 Å².